The first-order valence-corrected chi connectivity index (χ1v) is 4.48. The predicted octanol–water partition coefficient (Wildman–Crippen LogP) is 0.199. The van der Waals surface area contributed by atoms with Gasteiger partial charge in [-0.25, -0.2) is 0 Å². The first-order chi connectivity index (χ1) is 6.81. The molecule has 1 aliphatic rings. The van der Waals surface area contributed by atoms with E-state index in [1.165, 1.54) is 14.2 Å². The summed E-state index contributed by atoms with van der Waals surface area (Å²) in [6.07, 6.45) is 0.397. The van der Waals surface area contributed by atoms with E-state index in [0.717, 1.165) is 6.61 Å². The molecule has 0 saturated carbocycles. The Kier molecular flexibility index (Phi) is 5.36. The Hall–Kier alpha value is -0.200. The summed E-state index contributed by atoms with van der Waals surface area (Å²) in [6, 6.07) is 0. The Morgan fingerprint density at radius 2 is 2.00 bits per heavy atom. The largest absolute Gasteiger partial charge is 0.376 e. The lowest BCUT2D eigenvalue weighted by atomic mass is 10.3. The van der Waals surface area contributed by atoms with Crippen LogP contribution in [-0.2, 0) is 23.7 Å². The predicted molar refractivity (Wildman–Crippen MR) is 48.6 cm³/mol. The van der Waals surface area contributed by atoms with Crippen molar-refractivity contribution in [1.29, 1.82) is 0 Å². The highest BCUT2D eigenvalue weighted by atomic mass is 16.7. The summed E-state index contributed by atoms with van der Waals surface area (Å²) in [5.41, 5.74) is 0. The Balaban J connectivity index is 2.14. The first kappa shape index (κ1) is 11.9. The molecule has 1 heterocycles. The summed E-state index contributed by atoms with van der Waals surface area (Å²) in [5.74, 6) is 0. The molecule has 1 rings (SSSR count). The number of rotatable bonds is 8. The molecule has 14 heavy (non-hydrogen) atoms. The maximum absolute atomic E-state index is 5.36. The molecule has 0 aromatic rings. The highest BCUT2D eigenvalue weighted by Gasteiger charge is 2.26. The fourth-order valence-electron chi connectivity index (χ4n) is 1.05. The fourth-order valence-corrected chi connectivity index (χ4v) is 1.05. The minimum Gasteiger partial charge on any atom is -0.376 e. The second-order valence-electron chi connectivity index (χ2n) is 2.94. The van der Waals surface area contributed by atoms with Gasteiger partial charge in [-0.05, 0) is 0 Å². The highest BCUT2D eigenvalue weighted by molar-refractivity contribution is 4.78. The topological polar surface area (TPSA) is 49.5 Å². The van der Waals surface area contributed by atoms with Crippen molar-refractivity contribution in [1.82, 2.24) is 0 Å². The van der Waals surface area contributed by atoms with Crippen LogP contribution in [0.3, 0.4) is 0 Å². The van der Waals surface area contributed by atoms with Crippen LogP contribution in [0.5, 0.6) is 0 Å². The van der Waals surface area contributed by atoms with Crippen LogP contribution in [0.2, 0.25) is 0 Å². The number of hydrogen-bond donors (Lipinski definition) is 0. The van der Waals surface area contributed by atoms with Crippen molar-refractivity contribution in [2.75, 3.05) is 41.2 Å². The molecule has 1 aliphatic heterocycles. The summed E-state index contributed by atoms with van der Waals surface area (Å²) in [7, 11) is 4.66. The average molecular weight is 205 g/mol. The molecule has 2 atom stereocenters. The van der Waals surface area contributed by atoms with Gasteiger partial charge in [0, 0.05) is 21.3 Å². The van der Waals surface area contributed by atoms with E-state index in [4.69, 9.17) is 23.7 Å². The van der Waals surface area contributed by atoms with Gasteiger partial charge in [0.05, 0.1) is 19.8 Å². The van der Waals surface area contributed by atoms with Crippen molar-refractivity contribution in [2.24, 2.45) is 0 Å². The van der Waals surface area contributed by atoms with Crippen LogP contribution in [0.4, 0.5) is 0 Å². The minimum atomic E-state index is -0.288. The van der Waals surface area contributed by atoms with Gasteiger partial charge < -0.3 is 23.7 Å². The van der Waals surface area contributed by atoms with Crippen molar-refractivity contribution < 1.29 is 23.7 Å². The number of ether oxygens (including phenoxy) is 5. The molecule has 5 nitrogen and oxygen atoms in total. The Bertz CT molecular complexity index is 144. The zero-order valence-electron chi connectivity index (χ0n) is 8.82. The standard InChI is InChI=1S/C9H17O5/c1-10-8(9(11-2)12-3)6-13-4-7-5-14-7/h7-8H,4-6H2,1-3H3. The second kappa shape index (κ2) is 6.31. The molecule has 1 saturated heterocycles. The normalized spacial score (nSPS) is 22.7. The van der Waals surface area contributed by atoms with E-state index in [-0.39, 0.29) is 12.2 Å². The Morgan fingerprint density at radius 3 is 2.43 bits per heavy atom. The maximum atomic E-state index is 5.36. The molecule has 0 N–H and O–H groups in total. The zero-order chi connectivity index (χ0) is 10.4. The van der Waals surface area contributed by atoms with E-state index >= 15 is 0 Å². The summed E-state index contributed by atoms with van der Waals surface area (Å²) >= 11 is 0. The summed E-state index contributed by atoms with van der Waals surface area (Å²) < 4.78 is 25.5. The van der Waals surface area contributed by atoms with Gasteiger partial charge in [0.15, 0.2) is 0 Å². The van der Waals surface area contributed by atoms with Crippen molar-refractivity contribution >= 4 is 0 Å². The molecule has 0 aromatic heterocycles. The molecule has 83 valence electrons. The van der Waals surface area contributed by atoms with Crippen molar-refractivity contribution in [3.8, 4) is 0 Å². The first-order valence-electron chi connectivity index (χ1n) is 4.48. The van der Waals surface area contributed by atoms with Crippen LogP contribution in [0.15, 0.2) is 0 Å². The molecule has 0 spiro atoms. The van der Waals surface area contributed by atoms with Crippen LogP contribution in [-0.4, -0.2) is 53.4 Å². The van der Waals surface area contributed by atoms with Gasteiger partial charge in [0.2, 0.25) is 0 Å². The summed E-state index contributed by atoms with van der Waals surface area (Å²) in [6.45, 7) is 1.80. The van der Waals surface area contributed by atoms with Crippen molar-refractivity contribution in [2.45, 2.75) is 12.2 Å². The van der Waals surface area contributed by atoms with Gasteiger partial charge in [-0.1, -0.05) is 0 Å². The smallest absolute Gasteiger partial charge is 0.255 e. The SMILES string of the molecule is CO[C](OC)C(COCC1CO1)OC. The third-order valence-corrected chi connectivity index (χ3v) is 1.93. The lowest BCUT2D eigenvalue weighted by Crippen LogP contribution is -2.29. The molecule has 0 bridgehead atoms. The Morgan fingerprint density at radius 1 is 1.36 bits per heavy atom. The Labute approximate surface area is 84.2 Å². The van der Waals surface area contributed by atoms with E-state index in [0.29, 0.717) is 19.5 Å². The van der Waals surface area contributed by atoms with E-state index in [9.17, 15) is 0 Å². The van der Waals surface area contributed by atoms with Gasteiger partial charge in [-0.2, -0.15) is 0 Å². The van der Waals surface area contributed by atoms with Crippen LogP contribution in [0.1, 0.15) is 0 Å². The van der Waals surface area contributed by atoms with E-state index < -0.39 is 0 Å². The lowest BCUT2D eigenvalue weighted by Gasteiger charge is -2.21. The summed E-state index contributed by atoms with van der Waals surface area (Å²) in [5, 5.41) is 0. The van der Waals surface area contributed by atoms with E-state index in [2.05, 4.69) is 0 Å². The minimum absolute atomic E-state index is 0.265. The van der Waals surface area contributed by atoms with E-state index in [1.54, 1.807) is 7.11 Å². The number of hydrogen-bond acceptors (Lipinski definition) is 5. The zero-order valence-corrected chi connectivity index (χ0v) is 8.82. The third-order valence-electron chi connectivity index (χ3n) is 1.93. The van der Waals surface area contributed by atoms with Gasteiger partial charge >= 0.3 is 0 Å². The van der Waals surface area contributed by atoms with Gasteiger partial charge in [-0.15, -0.1) is 0 Å². The molecule has 0 aromatic carbocycles. The van der Waals surface area contributed by atoms with Gasteiger partial charge in [-0.3, -0.25) is 0 Å². The van der Waals surface area contributed by atoms with Crippen molar-refractivity contribution in [3.05, 3.63) is 6.29 Å². The number of methoxy groups -OCH3 is 3. The molecule has 2 unspecified atom stereocenters. The van der Waals surface area contributed by atoms with E-state index in [1.807, 2.05) is 0 Å². The number of epoxide rings is 1. The molecule has 0 aliphatic carbocycles. The maximum Gasteiger partial charge on any atom is 0.255 e. The summed E-state index contributed by atoms with van der Waals surface area (Å²) in [4.78, 5) is 0. The molecule has 5 heteroatoms. The third kappa shape index (κ3) is 3.89. The molecular formula is C9H17O5. The monoisotopic (exact) mass is 205 g/mol. The molecule has 0 amide bonds. The van der Waals surface area contributed by atoms with Crippen LogP contribution in [0.25, 0.3) is 0 Å². The van der Waals surface area contributed by atoms with Gasteiger partial charge in [0.1, 0.15) is 12.2 Å². The lowest BCUT2D eigenvalue weighted by molar-refractivity contribution is -0.108. The highest BCUT2D eigenvalue weighted by Crippen LogP contribution is 2.14. The molecule has 1 radical (unpaired) electrons. The average Bonchev–Trinajstić information content (AvgIpc) is 3.01. The fraction of sp³-hybridized carbons (Fsp3) is 0.889. The van der Waals surface area contributed by atoms with Crippen LogP contribution < -0.4 is 0 Å². The van der Waals surface area contributed by atoms with Crippen LogP contribution >= 0.6 is 0 Å². The van der Waals surface area contributed by atoms with Crippen molar-refractivity contribution in [3.63, 3.8) is 0 Å². The molecule has 1 fully saturated rings. The van der Waals surface area contributed by atoms with Gasteiger partial charge in [0.25, 0.3) is 6.29 Å². The van der Waals surface area contributed by atoms with Crippen LogP contribution in [0, 0.1) is 6.29 Å². The quantitative estimate of drug-likeness (QED) is 0.530. The molecular weight excluding hydrogens is 188 g/mol. The second-order valence-corrected chi connectivity index (χ2v) is 2.94.